The topological polar surface area (TPSA) is 64.7 Å². The van der Waals surface area contributed by atoms with E-state index in [0.29, 0.717) is 33.7 Å². The molecule has 124 valence electrons. The van der Waals surface area contributed by atoms with E-state index in [4.69, 9.17) is 23.2 Å². The summed E-state index contributed by atoms with van der Waals surface area (Å²) in [6.45, 7) is 4.12. The summed E-state index contributed by atoms with van der Waals surface area (Å²) in [6.07, 6.45) is 3.27. The van der Waals surface area contributed by atoms with Crippen molar-refractivity contribution in [1.29, 1.82) is 0 Å². The second-order valence-electron chi connectivity index (χ2n) is 5.32. The number of aryl methyl sites for hydroxylation is 1. The number of amides is 1. The number of nitrogens with one attached hydrogen (secondary N) is 1. The maximum Gasteiger partial charge on any atom is 0.257 e. The quantitative estimate of drug-likeness (QED) is 0.767. The van der Waals surface area contributed by atoms with Gasteiger partial charge in [0.25, 0.3) is 5.91 Å². The molecule has 0 aliphatic rings. The van der Waals surface area contributed by atoms with Crippen molar-refractivity contribution in [2.75, 3.05) is 5.32 Å². The number of hydrogen-bond acceptors (Lipinski definition) is 3. The normalized spacial score (nSPS) is 10.8. The van der Waals surface area contributed by atoms with Gasteiger partial charge < -0.3 is 5.32 Å². The number of rotatable bonds is 4. The molecular weight excluding hydrogens is 349 g/mol. The fourth-order valence-corrected chi connectivity index (χ4v) is 2.77. The zero-order chi connectivity index (χ0) is 17.3. The van der Waals surface area contributed by atoms with E-state index in [0.717, 1.165) is 5.69 Å². The number of carbonyl (C=O) groups excluding carboxylic acids is 1. The van der Waals surface area contributed by atoms with Gasteiger partial charge in [0.05, 0.1) is 38.9 Å². The van der Waals surface area contributed by atoms with Gasteiger partial charge in [0.1, 0.15) is 6.67 Å². The Labute approximate surface area is 149 Å². The second-order valence-corrected chi connectivity index (χ2v) is 6.16. The lowest BCUT2D eigenvalue weighted by Crippen LogP contribution is -2.14. The molecular formula is C16H15Cl2N5O. The Hall–Kier alpha value is -2.31. The number of nitrogens with zero attached hydrogens (tertiary/aromatic N) is 4. The smallest absolute Gasteiger partial charge is 0.257 e. The molecule has 3 rings (SSSR count). The van der Waals surface area contributed by atoms with Crippen LogP contribution in [-0.2, 0) is 6.67 Å². The van der Waals surface area contributed by atoms with E-state index in [-0.39, 0.29) is 5.91 Å². The van der Waals surface area contributed by atoms with E-state index in [1.54, 1.807) is 46.0 Å². The highest BCUT2D eigenvalue weighted by molar-refractivity contribution is 6.34. The van der Waals surface area contributed by atoms with Crippen molar-refractivity contribution < 1.29 is 4.79 Å². The van der Waals surface area contributed by atoms with Crippen LogP contribution >= 0.6 is 23.2 Å². The molecule has 6 nitrogen and oxygen atoms in total. The third-order valence-corrected chi connectivity index (χ3v) is 4.14. The van der Waals surface area contributed by atoms with Crippen LogP contribution in [0.4, 0.5) is 5.69 Å². The van der Waals surface area contributed by atoms with Crippen molar-refractivity contribution >= 4 is 34.8 Å². The average Bonchev–Trinajstić information content (AvgIpc) is 3.06. The van der Waals surface area contributed by atoms with Crippen LogP contribution in [0.1, 0.15) is 21.7 Å². The number of anilines is 1. The summed E-state index contributed by atoms with van der Waals surface area (Å²) < 4.78 is 3.42. The first-order valence-corrected chi connectivity index (χ1v) is 7.99. The van der Waals surface area contributed by atoms with Crippen LogP contribution in [0.25, 0.3) is 0 Å². The maximum absolute atomic E-state index is 12.4. The monoisotopic (exact) mass is 363 g/mol. The second kappa shape index (κ2) is 6.67. The molecule has 1 amide bonds. The van der Waals surface area contributed by atoms with Gasteiger partial charge in [-0.05, 0) is 26.0 Å². The highest BCUT2D eigenvalue weighted by Gasteiger charge is 2.17. The first-order chi connectivity index (χ1) is 11.5. The van der Waals surface area contributed by atoms with Gasteiger partial charge in [0.15, 0.2) is 0 Å². The van der Waals surface area contributed by atoms with Crippen LogP contribution in [0.2, 0.25) is 10.0 Å². The van der Waals surface area contributed by atoms with Crippen molar-refractivity contribution in [1.82, 2.24) is 19.6 Å². The van der Waals surface area contributed by atoms with Crippen LogP contribution < -0.4 is 5.32 Å². The molecule has 3 aromatic rings. The van der Waals surface area contributed by atoms with Crippen LogP contribution in [0.5, 0.6) is 0 Å². The summed E-state index contributed by atoms with van der Waals surface area (Å²) in [5, 5.41) is 12.4. The van der Waals surface area contributed by atoms with Crippen molar-refractivity contribution in [2.45, 2.75) is 20.5 Å². The fourth-order valence-electron chi connectivity index (χ4n) is 2.39. The van der Waals surface area contributed by atoms with Gasteiger partial charge in [0, 0.05) is 6.20 Å². The van der Waals surface area contributed by atoms with E-state index < -0.39 is 0 Å². The van der Waals surface area contributed by atoms with Crippen molar-refractivity contribution in [3.8, 4) is 0 Å². The van der Waals surface area contributed by atoms with E-state index >= 15 is 0 Å². The summed E-state index contributed by atoms with van der Waals surface area (Å²) in [7, 11) is 0. The third-order valence-electron chi connectivity index (χ3n) is 3.62. The SMILES string of the molecule is Cc1nn(Cn2cc(Cl)cn2)c(C)c1NC(=O)c1ccccc1Cl. The van der Waals surface area contributed by atoms with Crippen LogP contribution in [0, 0.1) is 13.8 Å². The van der Waals surface area contributed by atoms with Gasteiger partial charge in [-0.15, -0.1) is 0 Å². The number of hydrogen-bond donors (Lipinski definition) is 1. The van der Waals surface area contributed by atoms with E-state index in [1.165, 1.54) is 0 Å². The summed E-state index contributed by atoms with van der Waals surface area (Å²) in [5.41, 5.74) is 2.62. The molecule has 0 radical (unpaired) electrons. The molecule has 0 aliphatic carbocycles. The maximum atomic E-state index is 12.4. The molecule has 0 spiro atoms. The lowest BCUT2D eigenvalue weighted by Gasteiger charge is -2.08. The minimum atomic E-state index is -0.270. The van der Waals surface area contributed by atoms with E-state index in [1.807, 2.05) is 13.8 Å². The molecule has 0 aliphatic heterocycles. The molecule has 2 heterocycles. The number of halogens is 2. The molecule has 0 atom stereocenters. The van der Waals surface area contributed by atoms with Crippen LogP contribution in [0.3, 0.4) is 0 Å². The van der Waals surface area contributed by atoms with Crippen molar-refractivity contribution in [3.63, 3.8) is 0 Å². The van der Waals surface area contributed by atoms with Gasteiger partial charge in [0.2, 0.25) is 0 Å². The first kappa shape index (κ1) is 16.5. The van der Waals surface area contributed by atoms with Crippen molar-refractivity contribution in [3.05, 3.63) is 63.7 Å². The lowest BCUT2D eigenvalue weighted by atomic mass is 10.2. The minimum absolute atomic E-state index is 0.270. The van der Waals surface area contributed by atoms with Crippen LogP contribution in [0.15, 0.2) is 36.7 Å². The Balaban J connectivity index is 1.84. The van der Waals surface area contributed by atoms with Gasteiger partial charge >= 0.3 is 0 Å². The molecule has 0 fully saturated rings. The zero-order valence-corrected chi connectivity index (χ0v) is 14.6. The van der Waals surface area contributed by atoms with Gasteiger partial charge in [-0.25, -0.2) is 9.36 Å². The summed E-state index contributed by atoms with van der Waals surface area (Å²) in [6, 6.07) is 6.91. The molecule has 0 saturated heterocycles. The molecule has 0 bridgehead atoms. The predicted octanol–water partition coefficient (Wildman–Crippen LogP) is 3.76. The first-order valence-electron chi connectivity index (χ1n) is 7.23. The van der Waals surface area contributed by atoms with E-state index in [2.05, 4.69) is 15.5 Å². The third kappa shape index (κ3) is 3.29. The highest BCUT2D eigenvalue weighted by atomic mass is 35.5. The molecule has 0 unspecified atom stereocenters. The van der Waals surface area contributed by atoms with Crippen LogP contribution in [-0.4, -0.2) is 25.5 Å². The van der Waals surface area contributed by atoms with E-state index in [9.17, 15) is 4.79 Å². The Bertz CT molecular complexity index is 900. The summed E-state index contributed by atoms with van der Waals surface area (Å²) >= 11 is 11.9. The predicted molar refractivity (Wildman–Crippen MR) is 93.7 cm³/mol. The lowest BCUT2D eigenvalue weighted by molar-refractivity contribution is 0.102. The average molecular weight is 364 g/mol. The summed E-state index contributed by atoms with van der Waals surface area (Å²) in [5.74, 6) is -0.270. The number of aromatic nitrogens is 4. The standard InChI is InChI=1S/C16H15Cl2N5O/c1-10-15(20-16(24)13-5-3-4-6-14(13)18)11(2)23(21-10)9-22-8-12(17)7-19-22/h3-8H,9H2,1-2H3,(H,20,24). The van der Waals surface area contributed by atoms with Gasteiger partial charge in [-0.1, -0.05) is 35.3 Å². The number of benzene rings is 1. The molecule has 2 aromatic heterocycles. The fraction of sp³-hybridized carbons (Fsp3) is 0.188. The number of carbonyl (C=O) groups is 1. The molecule has 8 heteroatoms. The Morgan fingerprint density at radius 2 is 2.00 bits per heavy atom. The largest absolute Gasteiger partial charge is 0.319 e. The Morgan fingerprint density at radius 1 is 1.25 bits per heavy atom. The molecule has 1 aromatic carbocycles. The Morgan fingerprint density at radius 3 is 2.67 bits per heavy atom. The van der Waals surface area contributed by atoms with Crippen molar-refractivity contribution in [2.24, 2.45) is 0 Å². The van der Waals surface area contributed by atoms with Gasteiger partial charge in [-0.3, -0.25) is 4.79 Å². The minimum Gasteiger partial charge on any atom is -0.319 e. The molecule has 0 saturated carbocycles. The Kier molecular flexibility index (Phi) is 4.59. The summed E-state index contributed by atoms with van der Waals surface area (Å²) in [4.78, 5) is 12.4. The highest BCUT2D eigenvalue weighted by Crippen LogP contribution is 2.22. The molecule has 24 heavy (non-hydrogen) atoms. The zero-order valence-electron chi connectivity index (χ0n) is 13.1. The molecule has 1 N–H and O–H groups in total. The van der Waals surface area contributed by atoms with Gasteiger partial charge in [-0.2, -0.15) is 10.2 Å².